The molecular formula is C12H16ClN. The van der Waals surface area contributed by atoms with Gasteiger partial charge in [-0.2, -0.15) is 0 Å². The number of hydrogen-bond acceptors (Lipinski definition) is 1. The Morgan fingerprint density at radius 2 is 2.21 bits per heavy atom. The number of rotatable bonds is 4. The standard InChI is InChI=1S/C12H16ClN/c1-2-10-7-9(3-6-12(10)13)8-14-11-4-5-11/h3,6-7,11,14H,2,4-5,8H2,1H3. The topological polar surface area (TPSA) is 12.0 Å². The molecule has 0 aliphatic heterocycles. The summed E-state index contributed by atoms with van der Waals surface area (Å²) in [6.07, 6.45) is 3.69. The normalized spacial score (nSPS) is 15.9. The second-order valence-corrected chi connectivity index (χ2v) is 4.34. The Hall–Kier alpha value is -0.530. The number of aryl methyl sites for hydroxylation is 1. The minimum Gasteiger partial charge on any atom is -0.310 e. The van der Waals surface area contributed by atoms with Crippen molar-refractivity contribution in [1.82, 2.24) is 5.32 Å². The van der Waals surface area contributed by atoms with E-state index in [-0.39, 0.29) is 0 Å². The third-order valence-corrected chi connectivity index (χ3v) is 3.03. The molecular weight excluding hydrogens is 194 g/mol. The summed E-state index contributed by atoms with van der Waals surface area (Å²) >= 11 is 6.05. The highest BCUT2D eigenvalue weighted by Gasteiger charge is 2.19. The van der Waals surface area contributed by atoms with E-state index in [1.165, 1.54) is 24.0 Å². The second-order valence-electron chi connectivity index (χ2n) is 3.93. The third-order valence-electron chi connectivity index (χ3n) is 2.66. The van der Waals surface area contributed by atoms with E-state index in [1.54, 1.807) is 0 Å². The molecule has 0 unspecified atom stereocenters. The zero-order valence-corrected chi connectivity index (χ0v) is 9.27. The van der Waals surface area contributed by atoms with E-state index in [4.69, 9.17) is 11.6 Å². The van der Waals surface area contributed by atoms with Crippen LogP contribution in [-0.2, 0) is 13.0 Å². The van der Waals surface area contributed by atoms with Gasteiger partial charge in [0.1, 0.15) is 0 Å². The summed E-state index contributed by atoms with van der Waals surface area (Å²) in [6, 6.07) is 7.09. The van der Waals surface area contributed by atoms with Crippen LogP contribution in [0.3, 0.4) is 0 Å². The largest absolute Gasteiger partial charge is 0.310 e. The minimum atomic E-state index is 0.774. The molecule has 76 valence electrons. The zero-order valence-electron chi connectivity index (χ0n) is 8.52. The summed E-state index contributed by atoms with van der Waals surface area (Å²) in [4.78, 5) is 0. The summed E-state index contributed by atoms with van der Waals surface area (Å²) < 4.78 is 0. The van der Waals surface area contributed by atoms with Crippen molar-refractivity contribution in [3.8, 4) is 0 Å². The van der Waals surface area contributed by atoms with Crippen LogP contribution in [0.25, 0.3) is 0 Å². The van der Waals surface area contributed by atoms with Gasteiger partial charge in [0.05, 0.1) is 0 Å². The van der Waals surface area contributed by atoms with Crippen LogP contribution < -0.4 is 5.32 Å². The van der Waals surface area contributed by atoms with Crippen LogP contribution in [0.5, 0.6) is 0 Å². The van der Waals surface area contributed by atoms with Gasteiger partial charge >= 0.3 is 0 Å². The van der Waals surface area contributed by atoms with Gasteiger partial charge in [-0.3, -0.25) is 0 Å². The SMILES string of the molecule is CCc1cc(CNC2CC2)ccc1Cl. The predicted molar refractivity (Wildman–Crippen MR) is 60.7 cm³/mol. The summed E-state index contributed by atoms with van der Waals surface area (Å²) in [5.74, 6) is 0. The highest BCUT2D eigenvalue weighted by Crippen LogP contribution is 2.21. The highest BCUT2D eigenvalue weighted by atomic mass is 35.5. The van der Waals surface area contributed by atoms with Crippen LogP contribution in [0, 0.1) is 0 Å². The lowest BCUT2D eigenvalue weighted by molar-refractivity contribution is 0.687. The second kappa shape index (κ2) is 4.33. The lowest BCUT2D eigenvalue weighted by atomic mass is 10.1. The molecule has 0 amide bonds. The molecule has 0 saturated heterocycles. The first-order valence-corrected chi connectivity index (χ1v) is 5.68. The molecule has 0 atom stereocenters. The smallest absolute Gasteiger partial charge is 0.0438 e. The van der Waals surface area contributed by atoms with Gasteiger partial charge in [0, 0.05) is 17.6 Å². The van der Waals surface area contributed by atoms with Crippen molar-refractivity contribution in [2.45, 2.75) is 38.8 Å². The van der Waals surface area contributed by atoms with Crippen molar-refractivity contribution >= 4 is 11.6 Å². The maximum Gasteiger partial charge on any atom is 0.0438 e. The Kier molecular flexibility index (Phi) is 3.09. The fourth-order valence-electron chi connectivity index (χ4n) is 1.56. The fourth-order valence-corrected chi connectivity index (χ4v) is 1.81. The molecule has 1 aliphatic rings. The molecule has 0 aromatic heterocycles. The number of nitrogens with one attached hydrogen (secondary N) is 1. The Labute approximate surface area is 90.5 Å². The van der Waals surface area contributed by atoms with Crippen molar-refractivity contribution in [3.05, 3.63) is 34.3 Å². The predicted octanol–water partition coefficient (Wildman–Crippen LogP) is 3.15. The van der Waals surface area contributed by atoms with Gasteiger partial charge in [0.15, 0.2) is 0 Å². The maximum atomic E-state index is 6.05. The molecule has 1 fully saturated rings. The van der Waals surface area contributed by atoms with Crippen LogP contribution in [0.2, 0.25) is 5.02 Å². The first-order valence-electron chi connectivity index (χ1n) is 5.30. The molecule has 1 saturated carbocycles. The Bertz CT molecular complexity index is 318. The molecule has 1 aliphatic carbocycles. The molecule has 14 heavy (non-hydrogen) atoms. The van der Waals surface area contributed by atoms with Gasteiger partial charge in [-0.15, -0.1) is 0 Å². The minimum absolute atomic E-state index is 0.774. The van der Waals surface area contributed by atoms with Crippen molar-refractivity contribution in [2.75, 3.05) is 0 Å². The van der Waals surface area contributed by atoms with Crippen LogP contribution in [0.4, 0.5) is 0 Å². The molecule has 0 radical (unpaired) electrons. The summed E-state index contributed by atoms with van der Waals surface area (Å²) in [5.41, 5.74) is 2.60. The lowest BCUT2D eigenvalue weighted by Crippen LogP contribution is -2.15. The van der Waals surface area contributed by atoms with E-state index >= 15 is 0 Å². The third kappa shape index (κ3) is 2.49. The molecule has 1 aromatic rings. The van der Waals surface area contributed by atoms with Crippen LogP contribution in [0.15, 0.2) is 18.2 Å². The van der Waals surface area contributed by atoms with E-state index in [0.717, 1.165) is 24.0 Å². The quantitative estimate of drug-likeness (QED) is 0.804. The van der Waals surface area contributed by atoms with Gasteiger partial charge in [0.25, 0.3) is 0 Å². The van der Waals surface area contributed by atoms with E-state index < -0.39 is 0 Å². The van der Waals surface area contributed by atoms with Crippen LogP contribution in [-0.4, -0.2) is 6.04 Å². The summed E-state index contributed by atoms with van der Waals surface area (Å²) in [5, 5.41) is 4.39. The van der Waals surface area contributed by atoms with Gasteiger partial charge in [-0.25, -0.2) is 0 Å². The zero-order chi connectivity index (χ0) is 9.97. The van der Waals surface area contributed by atoms with Crippen molar-refractivity contribution < 1.29 is 0 Å². The molecule has 0 heterocycles. The Morgan fingerprint density at radius 3 is 2.86 bits per heavy atom. The van der Waals surface area contributed by atoms with Crippen molar-refractivity contribution in [3.63, 3.8) is 0 Å². The molecule has 0 spiro atoms. The Morgan fingerprint density at radius 1 is 1.43 bits per heavy atom. The van der Waals surface area contributed by atoms with Crippen LogP contribution >= 0.6 is 11.6 Å². The van der Waals surface area contributed by atoms with Crippen molar-refractivity contribution in [1.29, 1.82) is 0 Å². The van der Waals surface area contributed by atoms with E-state index in [9.17, 15) is 0 Å². The first-order chi connectivity index (χ1) is 6.79. The van der Waals surface area contributed by atoms with E-state index in [0.29, 0.717) is 0 Å². The Balaban J connectivity index is 2.01. The van der Waals surface area contributed by atoms with E-state index in [2.05, 4.69) is 24.4 Å². The van der Waals surface area contributed by atoms with Gasteiger partial charge in [-0.1, -0.05) is 30.7 Å². The average Bonchev–Trinajstić information content (AvgIpc) is 3.00. The van der Waals surface area contributed by atoms with Crippen LogP contribution in [0.1, 0.15) is 30.9 Å². The van der Waals surface area contributed by atoms with Crippen molar-refractivity contribution in [2.24, 2.45) is 0 Å². The van der Waals surface area contributed by atoms with Gasteiger partial charge in [-0.05, 0) is 36.5 Å². The monoisotopic (exact) mass is 209 g/mol. The summed E-state index contributed by atoms with van der Waals surface area (Å²) in [6.45, 7) is 3.12. The number of benzene rings is 1. The molecule has 1 nitrogen and oxygen atoms in total. The average molecular weight is 210 g/mol. The fraction of sp³-hybridized carbons (Fsp3) is 0.500. The molecule has 1 aromatic carbocycles. The molecule has 2 heteroatoms. The first kappa shape index (κ1) is 10.0. The highest BCUT2D eigenvalue weighted by molar-refractivity contribution is 6.31. The summed E-state index contributed by atoms with van der Waals surface area (Å²) in [7, 11) is 0. The number of halogens is 1. The molecule has 1 N–H and O–H groups in total. The van der Waals surface area contributed by atoms with E-state index in [1.807, 2.05) is 6.07 Å². The maximum absolute atomic E-state index is 6.05. The van der Waals surface area contributed by atoms with Gasteiger partial charge < -0.3 is 5.32 Å². The molecule has 2 rings (SSSR count). The number of hydrogen-bond donors (Lipinski definition) is 1. The van der Waals surface area contributed by atoms with Gasteiger partial charge in [0.2, 0.25) is 0 Å². The molecule has 0 bridgehead atoms. The lowest BCUT2D eigenvalue weighted by Gasteiger charge is -2.06.